The zero-order valence-electron chi connectivity index (χ0n) is 11.0. The van der Waals surface area contributed by atoms with Gasteiger partial charge in [0.25, 0.3) is 0 Å². The lowest BCUT2D eigenvalue weighted by atomic mass is 10.2. The molecule has 1 aliphatic heterocycles. The molecule has 4 N–H and O–H groups in total. The van der Waals surface area contributed by atoms with Gasteiger partial charge in [0.15, 0.2) is 0 Å². The van der Waals surface area contributed by atoms with Crippen molar-refractivity contribution in [3.8, 4) is 5.75 Å². The average molecular weight is 263 g/mol. The molecular formula is C14H21N3O2. The molecule has 0 spiro atoms. The van der Waals surface area contributed by atoms with Crippen LogP contribution in [0.3, 0.4) is 0 Å². The van der Waals surface area contributed by atoms with Crippen molar-refractivity contribution in [3.63, 3.8) is 0 Å². The van der Waals surface area contributed by atoms with Crippen LogP contribution in [0.15, 0.2) is 30.3 Å². The zero-order chi connectivity index (χ0) is 13.5. The Morgan fingerprint density at radius 2 is 2.21 bits per heavy atom. The second-order valence-corrected chi connectivity index (χ2v) is 4.76. The van der Waals surface area contributed by atoms with Crippen LogP contribution in [-0.4, -0.2) is 37.7 Å². The topological polar surface area (TPSA) is 76.4 Å². The van der Waals surface area contributed by atoms with Crippen molar-refractivity contribution in [1.82, 2.24) is 10.6 Å². The van der Waals surface area contributed by atoms with Crippen molar-refractivity contribution in [3.05, 3.63) is 30.3 Å². The highest BCUT2D eigenvalue weighted by molar-refractivity contribution is 5.82. The van der Waals surface area contributed by atoms with Crippen molar-refractivity contribution < 1.29 is 9.53 Å². The molecule has 0 saturated carbocycles. The zero-order valence-corrected chi connectivity index (χ0v) is 11.0. The Morgan fingerprint density at radius 1 is 1.42 bits per heavy atom. The van der Waals surface area contributed by atoms with Crippen LogP contribution in [0.25, 0.3) is 0 Å². The number of rotatable bonds is 6. The number of carbonyl (C=O) groups is 1. The number of hydrogen-bond donors (Lipinski definition) is 3. The predicted molar refractivity (Wildman–Crippen MR) is 73.9 cm³/mol. The van der Waals surface area contributed by atoms with Gasteiger partial charge < -0.3 is 21.1 Å². The Kier molecular flexibility index (Phi) is 5.18. The fourth-order valence-electron chi connectivity index (χ4n) is 2.08. The van der Waals surface area contributed by atoms with Crippen molar-refractivity contribution in [2.75, 3.05) is 19.7 Å². The Bertz CT molecular complexity index is 397. The highest BCUT2D eigenvalue weighted by Gasteiger charge is 2.26. The molecule has 0 bridgehead atoms. The highest BCUT2D eigenvalue weighted by Crippen LogP contribution is 2.08. The minimum absolute atomic E-state index is 0.0349. The van der Waals surface area contributed by atoms with Crippen LogP contribution in [0, 0.1) is 0 Å². The monoisotopic (exact) mass is 263 g/mol. The van der Waals surface area contributed by atoms with E-state index in [1.54, 1.807) is 0 Å². The van der Waals surface area contributed by atoms with Gasteiger partial charge in [-0.1, -0.05) is 18.2 Å². The first kappa shape index (κ1) is 13.8. The van der Waals surface area contributed by atoms with Gasteiger partial charge in [-0.25, -0.2) is 0 Å². The van der Waals surface area contributed by atoms with Crippen LogP contribution in [-0.2, 0) is 4.79 Å². The highest BCUT2D eigenvalue weighted by atomic mass is 16.5. The van der Waals surface area contributed by atoms with Gasteiger partial charge in [0.1, 0.15) is 5.75 Å². The maximum Gasteiger partial charge on any atom is 0.237 e. The molecule has 1 heterocycles. The van der Waals surface area contributed by atoms with E-state index in [-0.39, 0.29) is 18.0 Å². The summed E-state index contributed by atoms with van der Waals surface area (Å²) < 4.78 is 5.54. The second kappa shape index (κ2) is 7.11. The molecule has 0 radical (unpaired) electrons. The summed E-state index contributed by atoms with van der Waals surface area (Å²) in [5, 5.41) is 6.00. The number of nitrogens with two attached hydrogens (primary N) is 1. The number of hydrogen-bond acceptors (Lipinski definition) is 4. The van der Waals surface area contributed by atoms with E-state index in [0.717, 1.165) is 18.7 Å². The van der Waals surface area contributed by atoms with E-state index in [1.807, 2.05) is 30.3 Å². The molecule has 1 saturated heterocycles. The van der Waals surface area contributed by atoms with E-state index < -0.39 is 0 Å². The van der Waals surface area contributed by atoms with Gasteiger partial charge in [-0.05, 0) is 25.0 Å². The Labute approximate surface area is 113 Å². The van der Waals surface area contributed by atoms with Gasteiger partial charge in [0.05, 0.1) is 12.6 Å². The lowest BCUT2D eigenvalue weighted by Gasteiger charge is -2.11. The van der Waals surface area contributed by atoms with Gasteiger partial charge in [-0.2, -0.15) is 0 Å². The SMILES string of the molecule is NC1CNC(C(=O)NCCCOc2ccccc2)C1. The molecule has 104 valence electrons. The summed E-state index contributed by atoms with van der Waals surface area (Å²) in [4.78, 5) is 11.8. The molecule has 0 aromatic heterocycles. The fraction of sp³-hybridized carbons (Fsp3) is 0.500. The molecule has 5 heteroatoms. The number of ether oxygens (including phenoxy) is 1. The Hall–Kier alpha value is -1.59. The van der Waals surface area contributed by atoms with Crippen LogP contribution in [0.4, 0.5) is 0 Å². The minimum Gasteiger partial charge on any atom is -0.494 e. The third-order valence-electron chi connectivity index (χ3n) is 3.11. The molecule has 2 rings (SSSR count). The lowest BCUT2D eigenvalue weighted by Crippen LogP contribution is -2.40. The number of nitrogens with one attached hydrogen (secondary N) is 2. The molecule has 1 aromatic carbocycles. The second-order valence-electron chi connectivity index (χ2n) is 4.76. The summed E-state index contributed by atoms with van der Waals surface area (Å²) in [5.74, 6) is 0.893. The lowest BCUT2D eigenvalue weighted by molar-refractivity contribution is -0.122. The average Bonchev–Trinajstić information content (AvgIpc) is 2.86. The molecule has 2 unspecified atom stereocenters. The van der Waals surface area contributed by atoms with Gasteiger partial charge in [0, 0.05) is 19.1 Å². The van der Waals surface area contributed by atoms with E-state index >= 15 is 0 Å². The van der Waals surface area contributed by atoms with Crippen LogP contribution in [0.1, 0.15) is 12.8 Å². The summed E-state index contributed by atoms with van der Waals surface area (Å²) in [6.45, 7) is 1.94. The third kappa shape index (κ3) is 4.54. The molecule has 5 nitrogen and oxygen atoms in total. The van der Waals surface area contributed by atoms with E-state index in [2.05, 4.69) is 10.6 Å². The van der Waals surface area contributed by atoms with E-state index in [9.17, 15) is 4.79 Å². The summed E-state index contributed by atoms with van der Waals surface area (Å²) in [6, 6.07) is 9.62. The quantitative estimate of drug-likeness (QED) is 0.644. The van der Waals surface area contributed by atoms with Gasteiger partial charge in [0.2, 0.25) is 5.91 Å². The summed E-state index contributed by atoms with van der Waals surface area (Å²) >= 11 is 0. The summed E-state index contributed by atoms with van der Waals surface area (Å²) in [5.41, 5.74) is 5.74. The molecule has 1 aromatic rings. The van der Waals surface area contributed by atoms with Gasteiger partial charge in [-0.15, -0.1) is 0 Å². The molecule has 1 aliphatic rings. The number of carbonyl (C=O) groups excluding carboxylic acids is 1. The van der Waals surface area contributed by atoms with Crippen molar-refractivity contribution >= 4 is 5.91 Å². The van der Waals surface area contributed by atoms with Crippen LogP contribution < -0.4 is 21.1 Å². The van der Waals surface area contributed by atoms with E-state index in [4.69, 9.17) is 10.5 Å². The van der Waals surface area contributed by atoms with E-state index in [0.29, 0.717) is 19.6 Å². The normalized spacial score (nSPS) is 22.2. The molecular weight excluding hydrogens is 242 g/mol. The van der Waals surface area contributed by atoms with Gasteiger partial charge in [-0.3, -0.25) is 4.79 Å². The number of para-hydroxylation sites is 1. The van der Waals surface area contributed by atoms with Crippen molar-refractivity contribution in [1.29, 1.82) is 0 Å². The summed E-state index contributed by atoms with van der Waals surface area (Å²) in [7, 11) is 0. The van der Waals surface area contributed by atoms with E-state index in [1.165, 1.54) is 0 Å². The first-order valence-electron chi connectivity index (χ1n) is 6.70. The smallest absolute Gasteiger partial charge is 0.237 e. The molecule has 1 amide bonds. The Balaban J connectivity index is 1.56. The number of benzene rings is 1. The van der Waals surface area contributed by atoms with Crippen LogP contribution in [0.5, 0.6) is 5.75 Å². The molecule has 0 aliphatic carbocycles. The van der Waals surface area contributed by atoms with Crippen LogP contribution in [0.2, 0.25) is 0 Å². The van der Waals surface area contributed by atoms with Crippen molar-refractivity contribution in [2.45, 2.75) is 24.9 Å². The maximum absolute atomic E-state index is 11.8. The first-order valence-corrected chi connectivity index (χ1v) is 6.70. The minimum atomic E-state index is -0.134. The fourth-order valence-corrected chi connectivity index (χ4v) is 2.08. The summed E-state index contributed by atoms with van der Waals surface area (Å²) in [6.07, 6.45) is 1.51. The van der Waals surface area contributed by atoms with Crippen molar-refractivity contribution in [2.24, 2.45) is 5.73 Å². The van der Waals surface area contributed by atoms with Gasteiger partial charge >= 0.3 is 0 Å². The molecule has 2 atom stereocenters. The number of amides is 1. The maximum atomic E-state index is 11.8. The predicted octanol–water partition coefficient (Wildman–Crippen LogP) is 0.261. The Morgan fingerprint density at radius 3 is 2.89 bits per heavy atom. The molecule has 19 heavy (non-hydrogen) atoms. The van der Waals surface area contributed by atoms with Crippen LogP contribution >= 0.6 is 0 Å². The third-order valence-corrected chi connectivity index (χ3v) is 3.11. The standard InChI is InChI=1S/C14H21N3O2/c15-11-9-13(17-10-11)14(18)16-7-4-8-19-12-5-2-1-3-6-12/h1-3,5-6,11,13,17H,4,7-10,15H2,(H,16,18). The largest absolute Gasteiger partial charge is 0.494 e. The molecule has 1 fully saturated rings. The first-order chi connectivity index (χ1) is 9.25.